The summed E-state index contributed by atoms with van der Waals surface area (Å²) in [7, 11) is 0. The van der Waals surface area contributed by atoms with Crippen molar-refractivity contribution < 1.29 is 14.4 Å². The Labute approximate surface area is 279 Å². The van der Waals surface area contributed by atoms with E-state index >= 15 is 0 Å². The van der Waals surface area contributed by atoms with Crippen LogP contribution in [0.25, 0.3) is 33.4 Å². The van der Waals surface area contributed by atoms with Crippen LogP contribution in [0, 0.1) is 13.8 Å². The normalized spacial score (nSPS) is 9.98. The summed E-state index contributed by atoms with van der Waals surface area (Å²) in [6.45, 7) is 4.14. The van der Waals surface area contributed by atoms with Crippen LogP contribution in [0.3, 0.4) is 0 Å². The van der Waals surface area contributed by atoms with E-state index in [0.717, 1.165) is 40.9 Å². The van der Waals surface area contributed by atoms with Gasteiger partial charge in [-0.15, -0.1) is 0 Å². The minimum absolute atomic E-state index is 0.709. The summed E-state index contributed by atoms with van der Waals surface area (Å²) < 4.78 is 0. The fourth-order valence-corrected chi connectivity index (χ4v) is 4.91. The predicted molar refractivity (Wildman–Crippen MR) is 194 cm³/mol. The monoisotopic (exact) mass is 666 g/mol. The van der Waals surface area contributed by atoms with Gasteiger partial charge in [-0.25, -0.2) is 0 Å². The highest BCUT2D eigenvalue weighted by Gasteiger charge is 1.99. The summed E-state index contributed by atoms with van der Waals surface area (Å²) in [6.07, 6.45) is 2.58. The van der Waals surface area contributed by atoms with Crippen molar-refractivity contribution >= 4 is 34.8 Å². The Balaban J connectivity index is 0.000000157. The molecule has 0 bridgehead atoms. The number of hydrogen-bond acceptors (Lipinski definition) is 3. The van der Waals surface area contributed by atoms with Crippen LogP contribution < -0.4 is 0 Å². The molecule has 46 heavy (non-hydrogen) atoms. The lowest BCUT2D eigenvalue weighted by molar-refractivity contribution is 0.111. The number of aldehydes is 3. The van der Waals surface area contributed by atoms with Crippen molar-refractivity contribution in [2.45, 2.75) is 19.2 Å². The van der Waals surface area contributed by atoms with Crippen LogP contribution in [0.2, 0.25) is 0 Å². The molecule has 0 heterocycles. The molecule has 0 aromatic heterocycles. The summed E-state index contributed by atoms with van der Waals surface area (Å²) in [5.41, 5.74) is 12.8. The number of carbonyl (C=O) groups is 3. The number of halogens is 1. The number of alkyl halides is 1. The Bertz CT molecular complexity index is 1730. The van der Waals surface area contributed by atoms with Gasteiger partial charge in [-0.3, -0.25) is 14.4 Å². The maximum absolute atomic E-state index is 10.5. The SMILES string of the molecule is Cc1ccc(-c2ccc(C=O)cc2)cc1.Cc1ccc(-c2ccc(C=O)cc2)cc1.O=Cc1ccc(-c2ccc(CBr)cc2)cc1. The second kappa shape index (κ2) is 17.3. The fraction of sp³-hybridized carbons (Fsp3) is 0.0714. The van der Waals surface area contributed by atoms with Gasteiger partial charge in [-0.1, -0.05) is 173 Å². The highest BCUT2D eigenvalue weighted by molar-refractivity contribution is 9.08. The minimum Gasteiger partial charge on any atom is -0.298 e. The highest BCUT2D eigenvalue weighted by Crippen LogP contribution is 2.22. The van der Waals surface area contributed by atoms with E-state index in [2.05, 4.69) is 103 Å². The van der Waals surface area contributed by atoms with Gasteiger partial charge in [0.15, 0.2) is 0 Å². The molecule has 0 spiro atoms. The summed E-state index contributed by atoms with van der Waals surface area (Å²) in [6, 6.07) is 47.9. The predicted octanol–water partition coefficient (Wildman–Crippen LogP) is 11.0. The zero-order valence-electron chi connectivity index (χ0n) is 25.9. The van der Waals surface area contributed by atoms with Crippen LogP contribution >= 0.6 is 15.9 Å². The molecule has 6 aromatic carbocycles. The molecule has 0 aliphatic rings. The molecule has 0 saturated heterocycles. The third-order valence-electron chi connectivity index (χ3n) is 7.35. The van der Waals surface area contributed by atoms with Crippen molar-refractivity contribution in [2.75, 3.05) is 0 Å². The van der Waals surface area contributed by atoms with Crippen molar-refractivity contribution in [2.24, 2.45) is 0 Å². The molecular weight excluding hydrogens is 632 g/mol. The van der Waals surface area contributed by atoms with Crippen molar-refractivity contribution in [1.82, 2.24) is 0 Å². The molecule has 0 aliphatic carbocycles. The third-order valence-corrected chi connectivity index (χ3v) is 8.00. The zero-order valence-corrected chi connectivity index (χ0v) is 27.5. The topological polar surface area (TPSA) is 51.2 Å². The Morgan fingerprint density at radius 3 is 0.804 bits per heavy atom. The standard InChI is InChI=1S/C14H11BrO.2C14H12O/c15-9-11-1-5-13(6-2-11)14-7-3-12(10-16)4-8-14;2*1-11-2-6-13(7-3-11)14-8-4-12(10-15)5-9-14/h1-8,10H,9H2;2*2-10H,1H3. The summed E-state index contributed by atoms with van der Waals surface area (Å²) in [5, 5.41) is 0.872. The van der Waals surface area contributed by atoms with Crippen molar-refractivity contribution in [3.8, 4) is 33.4 Å². The molecule has 0 saturated carbocycles. The Morgan fingerprint density at radius 1 is 0.370 bits per heavy atom. The Hall–Kier alpha value is -5.19. The summed E-state index contributed by atoms with van der Waals surface area (Å²) >= 11 is 3.42. The Kier molecular flexibility index (Phi) is 12.7. The second-order valence-electron chi connectivity index (χ2n) is 10.8. The zero-order chi connectivity index (χ0) is 32.7. The second-order valence-corrected chi connectivity index (χ2v) is 11.3. The number of aryl methyl sites for hydroxylation is 2. The van der Waals surface area contributed by atoms with E-state index in [1.165, 1.54) is 33.4 Å². The van der Waals surface area contributed by atoms with E-state index in [4.69, 9.17) is 0 Å². The van der Waals surface area contributed by atoms with E-state index in [-0.39, 0.29) is 0 Å². The molecule has 4 heteroatoms. The van der Waals surface area contributed by atoms with Gasteiger partial charge in [0, 0.05) is 22.0 Å². The smallest absolute Gasteiger partial charge is 0.150 e. The molecule has 3 nitrogen and oxygen atoms in total. The van der Waals surface area contributed by atoms with Crippen molar-refractivity contribution in [3.05, 3.63) is 179 Å². The average Bonchev–Trinajstić information content (AvgIpc) is 3.13. The lowest BCUT2D eigenvalue weighted by Crippen LogP contribution is -1.82. The maximum Gasteiger partial charge on any atom is 0.150 e. The van der Waals surface area contributed by atoms with Gasteiger partial charge in [-0.05, 0) is 52.8 Å². The maximum atomic E-state index is 10.5. The summed E-state index contributed by atoms with van der Waals surface area (Å²) in [4.78, 5) is 31.5. The fourth-order valence-electron chi connectivity index (χ4n) is 4.54. The van der Waals surface area contributed by atoms with Crippen LogP contribution in [0.4, 0.5) is 0 Å². The van der Waals surface area contributed by atoms with Gasteiger partial charge in [-0.2, -0.15) is 0 Å². The van der Waals surface area contributed by atoms with E-state index in [1.54, 1.807) is 0 Å². The molecule has 0 fully saturated rings. The Morgan fingerprint density at radius 2 is 0.587 bits per heavy atom. The van der Waals surface area contributed by atoms with Gasteiger partial charge in [0.1, 0.15) is 18.9 Å². The van der Waals surface area contributed by atoms with E-state index in [1.807, 2.05) is 72.8 Å². The van der Waals surface area contributed by atoms with Crippen LogP contribution in [-0.4, -0.2) is 18.9 Å². The number of benzene rings is 6. The number of rotatable bonds is 7. The molecule has 0 amide bonds. The van der Waals surface area contributed by atoms with Gasteiger partial charge in [0.25, 0.3) is 0 Å². The number of hydrogen-bond donors (Lipinski definition) is 0. The van der Waals surface area contributed by atoms with Gasteiger partial charge < -0.3 is 0 Å². The lowest BCUT2D eigenvalue weighted by atomic mass is 10.0. The van der Waals surface area contributed by atoms with Crippen LogP contribution in [0.15, 0.2) is 146 Å². The van der Waals surface area contributed by atoms with Crippen LogP contribution in [-0.2, 0) is 5.33 Å². The molecular formula is C42H35BrO3. The summed E-state index contributed by atoms with van der Waals surface area (Å²) in [5.74, 6) is 0. The molecule has 0 unspecified atom stereocenters. The first-order valence-electron chi connectivity index (χ1n) is 14.9. The first kappa shape index (κ1) is 33.7. The highest BCUT2D eigenvalue weighted by atomic mass is 79.9. The van der Waals surface area contributed by atoms with Gasteiger partial charge in [0.05, 0.1) is 0 Å². The quantitative estimate of drug-likeness (QED) is 0.126. The molecule has 228 valence electrons. The average molecular weight is 668 g/mol. The first-order chi connectivity index (χ1) is 22.4. The van der Waals surface area contributed by atoms with E-state index in [9.17, 15) is 14.4 Å². The van der Waals surface area contributed by atoms with Crippen LogP contribution in [0.1, 0.15) is 47.8 Å². The van der Waals surface area contributed by atoms with E-state index in [0.29, 0.717) is 16.7 Å². The molecule has 0 aliphatic heterocycles. The lowest BCUT2D eigenvalue weighted by Gasteiger charge is -2.02. The molecule has 0 N–H and O–H groups in total. The molecule has 6 rings (SSSR count). The van der Waals surface area contributed by atoms with Gasteiger partial charge in [0.2, 0.25) is 0 Å². The van der Waals surface area contributed by atoms with Crippen molar-refractivity contribution in [1.29, 1.82) is 0 Å². The molecule has 0 radical (unpaired) electrons. The van der Waals surface area contributed by atoms with E-state index < -0.39 is 0 Å². The largest absolute Gasteiger partial charge is 0.298 e. The van der Waals surface area contributed by atoms with Crippen molar-refractivity contribution in [3.63, 3.8) is 0 Å². The van der Waals surface area contributed by atoms with Crippen LogP contribution in [0.5, 0.6) is 0 Å². The van der Waals surface area contributed by atoms with Gasteiger partial charge >= 0.3 is 0 Å². The minimum atomic E-state index is 0.709. The molecule has 0 atom stereocenters. The number of carbonyl (C=O) groups excluding carboxylic acids is 3. The first-order valence-corrected chi connectivity index (χ1v) is 16.0. The third kappa shape index (κ3) is 9.91. The molecule has 6 aromatic rings.